The van der Waals surface area contributed by atoms with Gasteiger partial charge in [-0.3, -0.25) is 4.79 Å². The number of carboxylic acids is 1. The Morgan fingerprint density at radius 2 is 2.03 bits per heavy atom. The second kappa shape index (κ2) is 9.78. The maximum absolute atomic E-state index is 13.9. The molecule has 0 saturated carbocycles. The molecule has 0 radical (unpaired) electrons. The van der Waals surface area contributed by atoms with Crippen molar-refractivity contribution < 1.29 is 24.1 Å². The highest BCUT2D eigenvalue weighted by atomic mass is 19.1. The summed E-state index contributed by atoms with van der Waals surface area (Å²) in [6.45, 7) is 3.83. The largest absolute Gasteiger partial charge is 0.479 e. The van der Waals surface area contributed by atoms with Crippen molar-refractivity contribution in [3.8, 4) is 5.88 Å². The topological polar surface area (TPSA) is 114 Å². The number of nitrogens with zero attached hydrogens (tertiary/aromatic N) is 2. The Kier molecular flexibility index (Phi) is 7.09. The van der Waals surface area contributed by atoms with Gasteiger partial charge in [-0.05, 0) is 30.0 Å². The number of carbonyl (C=O) groups is 1. The molecule has 1 unspecified atom stereocenters. The van der Waals surface area contributed by atoms with Gasteiger partial charge in [0.15, 0.2) is 0 Å². The minimum atomic E-state index is -1.36. The lowest BCUT2D eigenvalue weighted by Crippen LogP contribution is -2.26. The molecule has 0 fully saturated rings. The molecule has 1 aromatic carbocycles. The van der Waals surface area contributed by atoms with Gasteiger partial charge in [0.1, 0.15) is 17.0 Å². The number of pyridine rings is 2. The molecule has 9 heteroatoms. The molecule has 0 saturated heterocycles. The van der Waals surface area contributed by atoms with Crippen molar-refractivity contribution >= 4 is 22.7 Å². The molecule has 0 aliphatic rings. The Hall–Kier alpha value is -3.46. The zero-order valence-electron chi connectivity index (χ0n) is 18.1. The summed E-state index contributed by atoms with van der Waals surface area (Å²) in [4.78, 5) is 29.0. The Morgan fingerprint density at radius 1 is 1.31 bits per heavy atom. The summed E-state index contributed by atoms with van der Waals surface area (Å²) in [6.07, 6.45) is 1.60. The summed E-state index contributed by atoms with van der Waals surface area (Å²) >= 11 is 0. The van der Waals surface area contributed by atoms with Crippen LogP contribution in [0.15, 0.2) is 41.3 Å². The summed E-state index contributed by atoms with van der Waals surface area (Å²) in [6, 6.07) is 7.43. The number of ether oxygens (including phenoxy) is 1. The summed E-state index contributed by atoms with van der Waals surface area (Å²) in [5, 5.41) is 22.6. The molecule has 1 atom stereocenters. The number of aromatic nitrogens is 2. The number of aromatic carboxylic acids is 1. The van der Waals surface area contributed by atoms with Crippen LogP contribution in [0.3, 0.4) is 0 Å². The zero-order chi connectivity index (χ0) is 23.4. The van der Waals surface area contributed by atoms with Crippen LogP contribution in [0.5, 0.6) is 5.88 Å². The lowest BCUT2D eigenvalue weighted by Gasteiger charge is -2.24. The van der Waals surface area contributed by atoms with Gasteiger partial charge in [-0.1, -0.05) is 32.0 Å². The summed E-state index contributed by atoms with van der Waals surface area (Å²) < 4.78 is 20.8. The van der Waals surface area contributed by atoms with E-state index in [1.807, 2.05) is 13.8 Å². The zero-order valence-corrected chi connectivity index (χ0v) is 18.1. The van der Waals surface area contributed by atoms with Gasteiger partial charge in [-0.2, -0.15) is 4.98 Å². The third-order valence-electron chi connectivity index (χ3n) is 5.37. The van der Waals surface area contributed by atoms with Crippen LogP contribution in [-0.4, -0.2) is 46.0 Å². The molecular weight excluding hydrogens is 417 g/mol. The van der Waals surface area contributed by atoms with Crippen molar-refractivity contribution in [1.82, 2.24) is 9.55 Å². The molecule has 8 nitrogen and oxygen atoms in total. The molecule has 2 aromatic heterocycles. The predicted octanol–water partition coefficient (Wildman–Crippen LogP) is 3.09. The van der Waals surface area contributed by atoms with Gasteiger partial charge in [-0.25, -0.2) is 9.18 Å². The number of aliphatic hydroxyl groups excluding tert-OH is 1. The fourth-order valence-corrected chi connectivity index (χ4v) is 3.60. The summed E-state index contributed by atoms with van der Waals surface area (Å²) in [5.41, 5.74) is 0.0280. The average Bonchev–Trinajstić information content (AvgIpc) is 2.76. The van der Waals surface area contributed by atoms with E-state index >= 15 is 0 Å². The van der Waals surface area contributed by atoms with Crippen LogP contribution in [-0.2, 0) is 6.42 Å². The molecular formula is C23H26FN3O5. The number of methoxy groups -OCH3 is 1. The molecule has 0 amide bonds. The van der Waals surface area contributed by atoms with E-state index in [2.05, 4.69) is 10.3 Å². The van der Waals surface area contributed by atoms with Crippen LogP contribution in [0, 0.1) is 11.7 Å². The molecule has 3 aromatic rings. The van der Waals surface area contributed by atoms with E-state index in [4.69, 9.17) is 4.74 Å². The summed E-state index contributed by atoms with van der Waals surface area (Å²) in [7, 11) is 1.43. The maximum atomic E-state index is 13.9. The maximum Gasteiger partial charge on any atom is 0.341 e. The van der Waals surface area contributed by atoms with Crippen LogP contribution in [0.1, 0.15) is 35.8 Å². The molecule has 0 aliphatic heterocycles. The van der Waals surface area contributed by atoms with Crippen molar-refractivity contribution in [2.24, 2.45) is 5.92 Å². The number of hydrogen-bond acceptors (Lipinski definition) is 6. The Bertz CT molecular complexity index is 1190. The van der Waals surface area contributed by atoms with Gasteiger partial charge >= 0.3 is 5.97 Å². The first kappa shape index (κ1) is 23.2. The van der Waals surface area contributed by atoms with Crippen LogP contribution in [0.25, 0.3) is 11.0 Å². The monoisotopic (exact) mass is 443 g/mol. The van der Waals surface area contributed by atoms with Crippen molar-refractivity contribution in [1.29, 1.82) is 0 Å². The fraction of sp³-hybridized carbons (Fsp3) is 0.348. The molecule has 32 heavy (non-hydrogen) atoms. The van der Waals surface area contributed by atoms with E-state index in [9.17, 15) is 24.2 Å². The number of aliphatic hydroxyl groups is 1. The van der Waals surface area contributed by atoms with Crippen LogP contribution < -0.4 is 15.5 Å². The van der Waals surface area contributed by atoms with Gasteiger partial charge in [0, 0.05) is 12.7 Å². The SMILES string of the molecule is COc1nc2c(cc1NCCc1ccccc1F)c(=O)c(C(=O)O)cn2C(CO)C(C)C. The highest BCUT2D eigenvalue weighted by Crippen LogP contribution is 2.29. The average molecular weight is 443 g/mol. The third kappa shape index (κ3) is 4.57. The molecule has 3 rings (SSSR count). The van der Waals surface area contributed by atoms with Gasteiger partial charge in [-0.15, -0.1) is 0 Å². The number of fused-ring (bicyclic) bond motifs is 1. The minimum Gasteiger partial charge on any atom is -0.479 e. The normalized spacial score (nSPS) is 12.2. The van der Waals surface area contributed by atoms with E-state index in [0.29, 0.717) is 24.2 Å². The fourth-order valence-electron chi connectivity index (χ4n) is 3.60. The van der Waals surface area contributed by atoms with Gasteiger partial charge < -0.3 is 24.8 Å². The number of hydrogen-bond donors (Lipinski definition) is 3. The lowest BCUT2D eigenvalue weighted by atomic mass is 10.0. The molecule has 0 spiro atoms. The Morgan fingerprint density at radius 3 is 2.62 bits per heavy atom. The number of anilines is 1. The molecule has 0 bridgehead atoms. The number of nitrogens with one attached hydrogen (secondary N) is 1. The third-order valence-corrected chi connectivity index (χ3v) is 5.37. The quantitative estimate of drug-likeness (QED) is 0.466. The number of carboxylic acid groups (broad SMARTS) is 1. The highest BCUT2D eigenvalue weighted by molar-refractivity contribution is 5.93. The van der Waals surface area contributed by atoms with E-state index in [1.54, 1.807) is 18.2 Å². The molecule has 2 heterocycles. The van der Waals surface area contributed by atoms with Gasteiger partial charge in [0.25, 0.3) is 0 Å². The summed E-state index contributed by atoms with van der Waals surface area (Å²) in [5.74, 6) is -1.53. The molecule has 170 valence electrons. The Labute approximate surface area is 184 Å². The van der Waals surface area contributed by atoms with Crippen LogP contribution in [0.2, 0.25) is 0 Å². The Balaban J connectivity index is 2.09. The minimum absolute atomic E-state index is 0.0567. The van der Waals surface area contributed by atoms with Crippen LogP contribution in [0.4, 0.5) is 10.1 Å². The van der Waals surface area contributed by atoms with E-state index < -0.39 is 23.0 Å². The standard InChI is InChI=1S/C23H26FN3O5/c1-13(2)19(12-28)27-11-16(23(30)31)20(29)15-10-18(22(32-3)26-21(15)27)25-9-8-14-6-4-5-7-17(14)24/h4-7,10-11,13,19,25,28H,8-9,12H2,1-3H3,(H,30,31). The van der Waals surface area contributed by atoms with Crippen molar-refractivity contribution in [2.75, 3.05) is 25.6 Å². The molecule has 0 aliphatic carbocycles. The molecule has 3 N–H and O–H groups in total. The predicted molar refractivity (Wildman–Crippen MR) is 119 cm³/mol. The number of rotatable bonds is 9. The second-order valence-electron chi connectivity index (χ2n) is 7.76. The number of halogens is 1. The first-order chi connectivity index (χ1) is 15.3. The van der Waals surface area contributed by atoms with Gasteiger partial charge in [0.05, 0.1) is 30.8 Å². The van der Waals surface area contributed by atoms with E-state index in [0.717, 1.165) is 0 Å². The first-order valence-electron chi connectivity index (χ1n) is 10.2. The van der Waals surface area contributed by atoms with Crippen molar-refractivity contribution in [3.05, 3.63) is 63.7 Å². The van der Waals surface area contributed by atoms with Gasteiger partial charge in [0.2, 0.25) is 11.3 Å². The lowest BCUT2D eigenvalue weighted by molar-refractivity contribution is 0.0694. The van der Waals surface area contributed by atoms with Crippen molar-refractivity contribution in [2.45, 2.75) is 26.3 Å². The second-order valence-corrected chi connectivity index (χ2v) is 7.76. The van der Waals surface area contributed by atoms with Crippen molar-refractivity contribution in [3.63, 3.8) is 0 Å². The van der Waals surface area contributed by atoms with E-state index in [-0.39, 0.29) is 35.3 Å². The smallest absolute Gasteiger partial charge is 0.341 e. The first-order valence-corrected chi connectivity index (χ1v) is 10.2. The van der Waals surface area contributed by atoms with E-state index in [1.165, 1.54) is 30.0 Å². The number of benzene rings is 1. The highest BCUT2D eigenvalue weighted by Gasteiger charge is 2.23. The van der Waals surface area contributed by atoms with Crippen LogP contribution >= 0.6 is 0 Å².